The lowest BCUT2D eigenvalue weighted by molar-refractivity contribution is 0.0916. The fraction of sp³-hybridized carbons (Fsp3) is 0.312. The fourth-order valence-electron chi connectivity index (χ4n) is 2.76. The van der Waals surface area contributed by atoms with Gasteiger partial charge in [-0.25, -0.2) is 0 Å². The fourth-order valence-corrected chi connectivity index (χ4v) is 4.35. The quantitative estimate of drug-likeness (QED) is 0.714. The van der Waals surface area contributed by atoms with E-state index in [1.54, 1.807) is 11.3 Å². The first-order valence-corrected chi connectivity index (χ1v) is 8.27. The summed E-state index contributed by atoms with van der Waals surface area (Å²) in [6.45, 7) is 0. The molecule has 0 bridgehead atoms. The largest absolute Gasteiger partial charge is 0.294 e. The van der Waals surface area contributed by atoms with Gasteiger partial charge in [-0.1, -0.05) is 24.3 Å². The molecule has 1 aliphatic carbocycles. The van der Waals surface area contributed by atoms with Crippen LogP contribution in [0.15, 0.2) is 40.2 Å². The van der Waals surface area contributed by atoms with Crippen LogP contribution in [0.25, 0.3) is 0 Å². The molecule has 3 heteroatoms. The van der Waals surface area contributed by atoms with Gasteiger partial charge in [0.1, 0.15) is 0 Å². The highest BCUT2D eigenvalue weighted by Crippen LogP contribution is 2.31. The second-order valence-electron chi connectivity index (χ2n) is 5.01. The molecule has 1 aromatic heterocycles. The molecule has 1 nitrogen and oxygen atoms in total. The maximum Gasteiger partial charge on any atom is 0.166 e. The number of aryl methyl sites for hydroxylation is 1. The van der Waals surface area contributed by atoms with Crippen LogP contribution in [0.3, 0.4) is 0 Å². The van der Waals surface area contributed by atoms with Crippen molar-refractivity contribution in [2.45, 2.75) is 25.7 Å². The molecular formula is C16H15BrOS. The van der Waals surface area contributed by atoms with Crippen molar-refractivity contribution in [2.24, 2.45) is 5.92 Å². The highest BCUT2D eigenvalue weighted by molar-refractivity contribution is 9.10. The Labute approximate surface area is 125 Å². The van der Waals surface area contributed by atoms with Crippen LogP contribution in [0.1, 0.15) is 33.6 Å². The third-order valence-corrected chi connectivity index (χ3v) is 5.72. The molecule has 1 heterocycles. The van der Waals surface area contributed by atoms with Gasteiger partial charge in [0.25, 0.3) is 0 Å². The van der Waals surface area contributed by atoms with Crippen molar-refractivity contribution in [1.29, 1.82) is 0 Å². The van der Waals surface area contributed by atoms with Crippen molar-refractivity contribution in [3.63, 3.8) is 0 Å². The molecule has 1 aliphatic rings. The Bertz CT molecular complexity index is 602. The number of thiophene rings is 1. The zero-order valence-electron chi connectivity index (χ0n) is 10.6. The summed E-state index contributed by atoms with van der Waals surface area (Å²) in [6, 6.07) is 10.1. The van der Waals surface area contributed by atoms with Crippen LogP contribution < -0.4 is 0 Å². The molecule has 0 radical (unpaired) electrons. The van der Waals surface area contributed by atoms with Crippen LogP contribution >= 0.6 is 27.3 Å². The molecule has 0 fully saturated rings. The summed E-state index contributed by atoms with van der Waals surface area (Å²) >= 11 is 5.30. The molecule has 98 valence electrons. The van der Waals surface area contributed by atoms with Gasteiger partial charge in [0.2, 0.25) is 0 Å². The van der Waals surface area contributed by atoms with Crippen LogP contribution in [0.2, 0.25) is 0 Å². The molecule has 0 aliphatic heterocycles. The number of Topliss-reactive ketones (excluding diaryl/α,β-unsaturated/α-hetero) is 1. The second-order valence-corrected chi connectivity index (χ2v) is 6.86. The summed E-state index contributed by atoms with van der Waals surface area (Å²) < 4.78 is 1.14. The third kappa shape index (κ3) is 2.67. The van der Waals surface area contributed by atoms with Crippen LogP contribution in [0.5, 0.6) is 0 Å². The zero-order valence-corrected chi connectivity index (χ0v) is 13.0. The van der Waals surface area contributed by atoms with Crippen LogP contribution in [0, 0.1) is 5.92 Å². The Kier molecular flexibility index (Phi) is 3.85. The number of ketones is 1. The number of benzene rings is 1. The molecule has 0 saturated heterocycles. The van der Waals surface area contributed by atoms with E-state index in [2.05, 4.69) is 33.4 Å². The van der Waals surface area contributed by atoms with Gasteiger partial charge in [-0.05, 0) is 58.6 Å². The van der Waals surface area contributed by atoms with E-state index in [4.69, 9.17) is 0 Å². The number of hydrogen-bond acceptors (Lipinski definition) is 2. The van der Waals surface area contributed by atoms with Gasteiger partial charge >= 0.3 is 0 Å². The number of rotatable bonds is 2. The lowest BCUT2D eigenvalue weighted by atomic mass is 9.92. The standard InChI is InChI=1S/C16H15BrOS/c17-14-8-9-19-15(14)10-12-6-3-5-11-4-1-2-7-13(11)16(12)18/h1-2,4,7-9,12H,3,5-6,10H2. The molecular weight excluding hydrogens is 320 g/mol. The predicted octanol–water partition coefficient (Wildman–Crippen LogP) is 4.89. The normalized spacial score (nSPS) is 19.0. The van der Waals surface area contributed by atoms with E-state index in [-0.39, 0.29) is 5.92 Å². The lowest BCUT2D eigenvalue weighted by Crippen LogP contribution is -2.16. The summed E-state index contributed by atoms with van der Waals surface area (Å²) in [5.74, 6) is 0.465. The van der Waals surface area contributed by atoms with E-state index in [0.717, 1.165) is 35.7 Å². The Balaban J connectivity index is 1.88. The van der Waals surface area contributed by atoms with E-state index in [9.17, 15) is 4.79 Å². The Hall–Kier alpha value is -0.930. The van der Waals surface area contributed by atoms with Gasteiger partial charge in [0.05, 0.1) is 0 Å². The monoisotopic (exact) mass is 334 g/mol. The van der Waals surface area contributed by atoms with Crippen molar-refractivity contribution in [3.8, 4) is 0 Å². The van der Waals surface area contributed by atoms with E-state index < -0.39 is 0 Å². The highest BCUT2D eigenvalue weighted by atomic mass is 79.9. The summed E-state index contributed by atoms with van der Waals surface area (Å²) in [6.07, 6.45) is 4.00. The average Bonchev–Trinajstić information content (AvgIpc) is 2.75. The zero-order chi connectivity index (χ0) is 13.2. The maximum atomic E-state index is 12.7. The van der Waals surface area contributed by atoms with Crippen LogP contribution in [0.4, 0.5) is 0 Å². The third-order valence-electron chi connectivity index (χ3n) is 3.78. The predicted molar refractivity (Wildman–Crippen MR) is 82.9 cm³/mol. The van der Waals surface area contributed by atoms with E-state index >= 15 is 0 Å². The molecule has 0 N–H and O–H groups in total. The number of carbonyl (C=O) groups is 1. The first kappa shape index (κ1) is 13.1. The number of carbonyl (C=O) groups excluding carboxylic acids is 1. The Morgan fingerprint density at radius 3 is 2.89 bits per heavy atom. The van der Waals surface area contributed by atoms with Crippen molar-refractivity contribution >= 4 is 33.0 Å². The average molecular weight is 335 g/mol. The minimum atomic E-state index is 0.138. The molecule has 3 rings (SSSR count). The van der Waals surface area contributed by atoms with Gasteiger partial charge in [-0.3, -0.25) is 4.79 Å². The lowest BCUT2D eigenvalue weighted by Gasteiger charge is -2.13. The maximum absolute atomic E-state index is 12.7. The minimum Gasteiger partial charge on any atom is -0.294 e. The molecule has 19 heavy (non-hydrogen) atoms. The van der Waals surface area contributed by atoms with E-state index in [1.165, 1.54) is 10.4 Å². The van der Waals surface area contributed by atoms with Crippen molar-refractivity contribution < 1.29 is 4.79 Å². The SMILES string of the molecule is O=C1c2ccccc2CCCC1Cc1sccc1Br. The second kappa shape index (κ2) is 5.59. The molecule has 0 saturated carbocycles. The number of fused-ring (bicyclic) bond motifs is 1. The first-order valence-electron chi connectivity index (χ1n) is 6.59. The first-order chi connectivity index (χ1) is 9.25. The Morgan fingerprint density at radius 2 is 2.11 bits per heavy atom. The summed E-state index contributed by atoms with van der Waals surface area (Å²) in [5, 5.41) is 2.08. The number of halogens is 1. The van der Waals surface area contributed by atoms with E-state index in [1.807, 2.05) is 18.2 Å². The molecule has 1 atom stereocenters. The van der Waals surface area contributed by atoms with Crippen LogP contribution in [-0.2, 0) is 12.8 Å². The summed E-state index contributed by atoms with van der Waals surface area (Å²) in [7, 11) is 0. The van der Waals surface area contributed by atoms with Gasteiger partial charge < -0.3 is 0 Å². The molecule has 0 amide bonds. The van der Waals surface area contributed by atoms with Crippen molar-refractivity contribution in [2.75, 3.05) is 0 Å². The van der Waals surface area contributed by atoms with Crippen LogP contribution in [-0.4, -0.2) is 5.78 Å². The topological polar surface area (TPSA) is 17.1 Å². The molecule has 1 aromatic carbocycles. The molecule has 2 aromatic rings. The van der Waals surface area contributed by atoms with Crippen molar-refractivity contribution in [1.82, 2.24) is 0 Å². The van der Waals surface area contributed by atoms with Gasteiger partial charge in [-0.15, -0.1) is 11.3 Å². The summed E-state index contributed by atoms with van der Waals surface area (Å²) in [4.78, 5) is 14.0. The van der Waals surface area contributed by atoms with Gasteiger partial charge in [0.15, 0.2) is 5.78 Å². The Morgan fingerprint density at radius 1 is 1.26 bits per heavy atom. The van der Waals surface area contributed by atoms with E-state index in [0.29, 0.717) is 5.78 Å². The molecule has 0 spiro atoms. The smallest absolute Gasteiger partial charge is 0.166 e. The van der Waals surface area contributed by atoms with Gasteiger partial charge in [-0.2, -0.15) is 0 Å². The minimum absolute atomic E-state index is 0.138. The molecule has 1 unspecified atom stereocenters. The highest BCUT2D eigenvalue weighted by Gasteiger charge is 2.26. The summed E-state index contributed by atoms with van der Waals surface area (Å²) in [5.41, 5.74) is 2.16. The van der Waals surface area contributed by atoms with Gasteiger partial charge in [0, 0.05) is 20.8 Å². The number of hydrogen-bond donors (Lipinski definition) is 0. The van der Waals surface area contributed by atoms with Crippen molar-refractivity contribution in [3.05, 3.63) is 56.2 Å².